The molecule has 0 aliphatic carbocycles. The number of rotatable bonds is 2. The quantitative estimate of drug-likeness (QED) is 0.843. The van der Waals surface area contributed by atoms with Crippen LogP contribution in [0.1, 0.15) is 10.9 Å². The van der Waals surface area contributed by atoms with Crippen LogP contribution in [0.4, 0.5) is 5.82 Å². The minimum Gasteiger partial charge on any atom is -0.276 e. The van der Waals surface area contributed by atoms with E-state index in [-0.39, 0.29) is 11.7 Å². The molecule has 4 nitrogen and oxygen atoms in total. The van der Waals surface area contributed by atoms with Crippen LogP contribution < -0.4 is 4.90 Å². The maximum absolute atomic E-state index is 12.3. The van der Waals surface area contributed by atoms with Gasteiger partial charge in [-0.2, -0.15) is 0 Å². The first-order chi connectivity index (χ1) is 10.1. The standard InChI is InChI=1S/C14H10Cl2N2O2S/c15-9-4-5-10(11(16)7-9)14-18(13(19)8-21(14)20)12-3-1-2-6-17-12/h1-7,14H,8H2. The lowest BCUT2D eigenvalue weighted by atomic mass is 10.2. The lowest BCUT2D eigenvalue weighted by molar-refractivity contribution is -0.115. The topological polar surface area (TPSA) is 50.3 Å². The van der Waals surface area contributed by atoms with Gasteiger partial charge in [-0.1, -0.05) is 35.3 Å². The van der Waals surface area contributed by atoms with E-state index >= 15 is 0 Å². The van der Waals surface area contributed by atoms with E-state index in [1.165, 1.54) is 4.90 Å². The summed E-state index contributed by atoms with van der Waals surface area (Å²) >= 11 is 12.1. The van der Waals surface area contributed by atoms with Crippen LogP contribution in [0.15, 0.2) is 42.6 Å². The Kier molecular flexibility index (Phi) is 3.97. The van der Waals surface area contributed by atoms with Crippen molar-refractivity contribution < 1.29 is 9.00 Å². The largest absolute Gasteiger partial charge is 0.276 e. The molecule has 7 heteroatoms. The average Bonchev–Trinajstić information content (AvgIpc) is 2.74. The predicted octanol–water partition coefficient (Wildman–Crippen LogP) is 3.18. The number of hydrogen-bond acceptors (Lipinski definition) is 3. The van der Waals surface area contributed by atoms with Gasteiger partial charge in [0.2, 0.25) is 5.91 Å². The van der Waals surface area contributed by atoms with Crippen LogP contribution in [0, 0.1) is 0 Å². The van der Waals surface area contributed by atoms with Gasteiger partial charge in [0.15, 0.2) is 0 Å². The molecule has 2 atom stereocenters. The van der Waals surface area contributed by atoms with Crippen molar-refractivity contribution in [2.75, 3.05) is 10.7 Å². The third kappa shape index (κ3) is 2.69. The molecule has 2 heterocycles. The van der Waals surface area contributed by atoms with E-state index in [1.807, 2.05) is 0 Å². The Hall–Kier alpha value is -1.43. The van der Waals surface area contributed by atoms with Crippen LogP contribution in [0.25, 0.3) is 0 Å². The summed E-state index contributed by atoms with van der Waals surface area (Å²) in [4.78, 5) is 17.8. The normalized spacial score (nSPS) is 21.8. The highest BCUT2D eigenvalue weighted by atomic mass is 35.5. The summed E-state index contributed by atoms with van der Waals surface area (Å²) in [5, 5.41) is 0.233. The van der Waals surface area contributed by atoms with Crippen LogP contribution in [0.5, 0.6) is 0 Å². The molecule has 108 valence electrons. The van der Waals surface area contributed by atoms with E-state index in [4.69, 9.17) is 23.2 Å². The number of nitrogens with zero attached hydrogens (tertiary/aromatic N) is 2. The van der Waals surface area contributed by atoms with E-state index in [2.05, 4.69) is 4.98 Å². The summed E-state index contributed by atoms with van der Waals surface area (Å²) < 4.78 is 12.3. The second-order valence-electron chi connectivity index (χ2n) is 4.49. The zero-order valence-corrected chi connectivity index (χ0v) is 13.0. The fourth-order valence-corrected chi connectivity index (χ4v) is 4.31. The molecule has 1 aromatic carbocycles. The maximum Gasteiger partial charge on any atom is 0.242 e. The van der Waals surface area contributed by atoms with Crippen LogP contribution in [-0.4, -0.2) is 20.9 Å². The summed E-state index contributed by atoms with van der Waals surface area (Å²) in [5.41, 5.74) is 0.607. The van der Waals surface area contributed by atoms with E-state index in [0.717, 1.165) is 0 Å². The lowest BCUT2D eigenvalue weighted by Crippen LogP contribution is -2.29. The highest BCUT2D eigenvalue weighted by molar-refractivity contribution is 7.86. The van der Waals surface area contributed by atoms with Crippen molar-refractivity contribution in [3.05, 3.63) is 58.2 Å². The van der Waals surface area contributed by atoms with Crippen LogP contribution in [0.3, 0.4) is 0 Å². The van der Waals surface area contributed by atoms with Crippen molar-refractivity contribution in [2.45, 2.75) is 5.37 Å². The minimum absolute atomic E-state index is 0.0415. The van der Waals surface area contributed by atoms with Gasteiger partial charge in [-0.15, -0.1) is 0 Å². The molecule has 1 fully saturated rings. The number of anilines is 1. The van der Waals surface area contributed by atoms with Crippen molar-refractivity contribution in [1.82, 2.24) is 4.98 Å². The monoisotopic (exact) mass is 340 g/mol. The van der Waals surface area contributed by atoms with Gasteiger partial charge in [0.1, 0.15) is 16.9 Å². The van der Waals surface area contributed by atoms with Gasteiger partial charge in [0.05, 0.1) is 10.8 Å². The highest BCUT2D eigenvalue weighted by Crippen LogP contribution is 2.38. The summed E-state index contributed by atoms with van der Waals surface area (Å²) in [6, 6.07) is 10.2. The number of amides is 1. The third-order valence-electron chi connectivity index (χ3n) is 3.14. The fraction of sp³-hybridized carbons (Fsp3) is 0.143. The molecule has 1 aliphatic heterocycles. The Balaban J connectivity index is 2.10. The molecular weight excluding hydrogens is 331 g/mol. The first kappa shape index (κ1) is 14.5. The molecule has 3 rings (SSSR count). The smallest absolute Gasteiger partial charge is 0.242 e. The van der Waals surface area contributed by atoms with Crippen molar-refractivity contribution in [3.63, 3.8) is 0 Å². The van der Waals surface area contributed by atoms with Crippen molar-refractivity contribution >= 4 is 45.7 Å². The molecule has 0 N–H and O–H groups in total. The van der Waals surface area contributed by atoms with Gasteiger partial charge in [-0.05, 0) is 24.3 Å². The second-order valence-corrected chi connectivity index (χ2v) is 6.84. The Morgan fingerprint density at radius 1 is 1.24 bits per heavy atom. The summed E-state index contributed by atoms with van der Waals surface area (Å²) in [6.07, 6.45) is 1.59. The average molecular weight is 341 g/mol. The zero-order valence-electron chi connectivity index (χ0n) is 10.7. The molecule has 1 aliphatic rings. The first-order valence-electron chi connectivity index (χ1n) is 6.13. The number of hydrogen-bond donors (Lipinski definition) is 0. The van der Waals surface area contributed by atoms with Gasteiger partial charge < -0.3 is 0 Å². The number of halogens is 2. The molecule has 0 saturated carbocycles. The SMILES string of the molecule is O=C1CS(=O)C(c2ccc(Cl)cc2Cl)N1c1ccccn1. The molecule has 1 saturated heterocycles. The van der Waals surface area contributed by atoms with Gasteiger partial charge in [0.25, 0.3) is 0 Å². The van der Waals surface area contributed by atoms with Crippen LogP contribution in [0.2, 0.25) is 10.0 Å². The van der Waals surface area contributed by atoms with Crippen molar-refractivity contribution in [3.8, 4) is 0 Å². The highest BCUT2D eigenvalue weighted by Gasteiger charge is 2.41. The molecule has 1 amide bonds. The van der Waals surface area contributed by atoms with Gasteiger partial charge in [0, 0.05) is 21.8 Å². The number of carbonyl (C=O) groups is 1. The third-order valence-corrected chi connectivity index (χ3v) is 5.20. The fourth-order valence-electron chi connectivity index (χ4n) is 2.25. The molecule has 0 bridgehead atoms. The van der Waals surface area contributed by atoms with E-state index in [1.54, 1.807) is 42.6 Å². The Morgan fingerprint density at radius 3 is 2.71 bits per heavy atom. The molecule has 2 unspecified atom stereocenters. The maximum atomic E-state index is 12.3. The molecule has 2 aromatic rings. The number of aromatic nitrogens is 1. The van der Waals surface area contributed by atoms with Crippen molar-refractivity contribution in [2.24, 2.45) is 0 Å². The van der Waals surface area contributed by atoms with E-state index in [9.17, 15) is 9.00 Å². The molecule has 0 radical (unpaired) electrons. The minimum atomic E-state index is -1.38. The number of carbonyl (C=O) groups excluding carboxylic acids is 1. The van der Waals surface area contributed by atoms with Gasteiger partial charge in [-0.25, -0.2) is 4.98 Å². The lowest BCUT2D eigenvalue weighted by Gasteiger charge is -2.23. The Labute approximate surface area is 134 Å². The molecule has 1 aromatic heterocycles. The molecule has 0 spiro atoms. The second kappa shape index (κ2) is 5.75. The Morgan fingerprint density at radius 2 is 2.05 bits per heavy atom. The van der Waals surface area contributed by atoms with Crippen LogP contribution in [-0.2, 0) is 15.6 Å². The van der Waals surface area contributed by atoms with Crippen LogP contribution >= 0.6 is 23.2 Å². The zero-order chi connectivity index (χ0) is 15.0. The van der Waals surface area contributed by atoms with E-state index < -0.39 is 16.2 Å². The molecular formula is C14H10Cl2N2O2S. The van der Waals surface area contributed by atoms with Gasteiger partial charge in [-0.3, -0.25) is 13.9 Å². The number of pyridine rings is 1. The number of benzene rings is 1. The molecule has 21 heavy (non-hydrogen) atoms. The van der Waals surface area contributed by atoms with E-state index in [0.29, 0.717) is 21.4 Å². The summed E-state index contributed by atoms with van der Waals surface area (Å²) in [7, 11) is -1.38. The van der Waals surface area contributed by atoms with Crippen molar-refractivity contribution in [1.29, 1.82) is 0 Å². The summed E-state index contributed by atoms with van der Waals surface area (Å²) in [6.45, 7) is 0. The summed E-state index contributed by atoms with van der Waals surface area (Å²) in [5.74, 6) is 0.188. The predicted molar refractivity (Wildman–Crippen MR) is 83.9 cm³/mol. The van der Waals surface area contributed by atoms with Gasteiger partial charge >= 0.3 is 0 Å². The first-order valence-corrected chi connectivity index (χ1v) is 8.27. The Bertz CT molecular complexity index is 724.